The van der Waals surface area contributed by atoms with Crippen molar-refractivity contribution in [3.8, 4) is 17.2 Å². The Hall–Kier alpha value is -3.26. The van der Waals surface area contributed by atoms with Crippen LogP contribution in [0.4, 0.5) is 0 Å². The molecule has 2 atom stereocenters. The number of methoxy groups -OCH3 is 2. The number of carbonyl (C=O) groups is 2. The number of hydrogen-bond donors (Lipinski definition) is 3. The summed E-state index contributed by atoms with van der Waals surface area (Å²) in [5, 5.41) is 11.9. The van der Waals surface area contributed by atoms with Crippen LogP contribution in [-0.2, 0) is 11.4 Å². The molecule has 2 aromatic rings. The molecule has 0 fully saturated rings. The number of ether oxygens (including phenoxy) is 3. The molecule has 2 unspecified atom stereocenters. The molecule has 2 amide bonds. The van der Waals surface area contributed by atoms with Crippen LogP contribution in [-0.4, -0.2) is 43.3 Å². The highest BCUT2D eigenvalue weighted by Crippen LogP contribution is 2.27. The number of amides is 2. The van der Waals surface area contributed by atoms with Crippen molar-refractivity contribution in [1.82, 2.24) is 5.32 Å². The molecule has 0 aromatic heterocycles. The summed E-state index contributed by atoms with van der Waals surface area (Å²) in [6.07, 6.45) is -1.09. The summed E-state index contributed by atoms with van der Waals surface area (Å²) < 4.78 is 16.2. The SMILES string of the molecule is COc1cc(OC)cc(OCc2ccc(C(=O)NC(C(N)=O)C(C)O)cc2)c1. The van der Waals surface area contributed by atoms with Gasteiger partial charge in [0.25, 0.3) is 5.91 Å². The lowest BCUT2D eigenvalue weighted by Gasteiger charge is -2.18. The largest absolute Gasteiger partial charge is 0.496 e. The number of benzene rings is 2. The van der Waals surface area contributed by atoms with Crippen molar-refractivity contribution >= 4 is 11.8 Å². The minimum atomic E-state index is -1.15. The number of carbonyl (C=O) groups excluding carboxylic acids is 2. The van der Waals surface area contributed by atoms with Crippen LogP contribution in [0.3, 0.4) is 0 Å². The summed E-state index contributed by atoms with van der Waals surface area (Å²) in [6.45, 7) is 1.65. The second-order valence-electron chi connectivity index (χ2n) is 6.13. The van der Waals surface area contributed by atoms with Crippen LogP contribution in [0.1, 0.15) is 22.8 Å². The number of hydrogen-bond acceptors (Lipinski definition) is 6. The van der Waals surface area contributed by atoms with Gasteiger partial charge in [-0.3, -0.25) is 9.59 Å². The quantitative estimate of drug-likeness (QED) is 0.595. The van der Waals surface area contributed by atoms with Gasteiger partial charge < -0.3 is 30.4 Å². The molecule has 0 aliphatic carbocycles. The molecule has 8 nitrogen and oxygen atoms in total. The number of nitrogens with two attached hydrogens (primary N) is 1. The van der Waals surface area contributed by atoms with E-state index >= 15 is 0 Å². The minimum Gasteiger partial charge on any atom is -0.496 e. The monoisotopic (exact) mass is 388 g/mol. The van der Waals surface area contributed by atoms with Gasteiger partial charge in [0.2, 0.25) is 5.91 Å². The van der Waals surface area contributed by atoms with E-state index in [1.165, 1.54) is 6.92 Å². The Morgan fingerprint density at radius 1 is 1.04 bits per heavy atom. The van der Waals surface area contributed by atoms with E-state index in [2.05, 4.69) is 5.32 Å². The maximum absolute atomic E-state index is 12.2. The predicted molar refractivity (Wildman–Crippen MR) is 102 cm³/mol. The second-order valence-corrected chi connectivity index (χ2v) is 6.13. The lowest BCUT2D eigenvalue weighted by Crippen LogP contribution is -2.50. The first-order valence-electron chi connectivity index (χ1n) is 8.57. The van der Waals surface area contributed by atoms with Crippen LogP contribution < -0.4 is 25.3 Å². The van der Waals surface area contributed by atoms with Gasteiger partial charge in [-0.2, -0.15) is 0 Å². The molecule has 150 valence electrons. The molecule has 0 aliphatic heterocycles. The number of rotatable bonds is 9. The minimum absolute atomic E-state index is 0.274. The summed E-state index contributed by atoms with van der Waals surface area (Å²) in [4.78, 5) is 23.5. The van der Waals surface area contributed by atoms with Gasteiger partial charge in [-0.05, 0) is 24.6 Å². The van der Waals surface area contributed by atoms with Crippen LogP contribution in [0.5, 0.6) is 17.2 Å². The fourth-order valence-electron chi connectivity index (χ4n) is 2.44. The number of primary amides is 1. The summed E-state index contributed by atoms with van der Waals surface area (Å²) >= 11 is 0. The zero-order chi connectivity index (χ0) is 20.7. The molecule has 0 radical (unpaired) electrons. The molecule has 0 saturated carbocycles. The van der Waals surface area contributed by atoms with Gasteiger partial charge in [0.1, 0.15) is 29.9 Å². The van der Waals surface area contributed by atoms with E-state index in [1.54, 1.807) is 56.7 Å². The van der Waals surface area contributed by atoms with Crippen LogP contribution in [0, 0.1) is 0 Å². The van der Waals surface area contributed by atoms with E-state index in [9.17, 15) is 14.7 Å². The third-order valence-corrected chi connectivity index (χ3v) is 4.02. The predicted octanol–water partition coefficient (Wildman–Crippen LogP) is 1.25. The van der Waals surface area contributed by atoms with E-state index in [0.717, 1.165) is 5.56 Å². The standard InChI is InChI=1S/C20H24N2O6/c1-12(23)18(19(21)24)22-20(25)14-6-4-13(5-7-14)11-28-17-9-15(26-2)8-16(10-17)27-3/h4-10,12,18,23H,11H2,1-3H3,(H2,21,24)(H,22,25). The zero-order valence-electron chi connectivity index (χ0n) is 16.0. The van der Waals surface area contributed by atoms with Crippen molar-refractivity contribution in [2.24, 2.45) is 5.73 Å². The van der Waals surface area contributed by atoms with E-state index < -0.39 is 24.0 Å². The number of aliphatic hydroxyl groups is 1. The summed E-state index contributed by atoms with van der Waals surface area (Å²) in [6, 6.07) is 10.7. The van der Waals surface area contributed by atoms with Gasteiger partial charge >= 0.3 is 0 Å². The van der Waals surface area contributed by atoms with Crippen LogP contribution in [0.2, 0.25) is 0 Å². The van der Waals surface area contributed by atoms with Crippen molar-refractivity contribution in [3.05, 3.63) is 53.6 Å². The molecule has 0 saturated heterocycles. The van der Waals surface area contributed by atoms with E-state index in [0.29, 0.717) is 22.8 Å². The third kappa shape index (κ3) is 5.62. The highest BCUT2D eigenvalue weighted by Gasteiger charge is 2.23. The number of nitrogens with one attached hydrogen (secondary N) is 1. The summed E-state index contributed by atoms with van der Waals surface area (Å²) in [5.41, 5.74) is 6.34. The lowest BCUT2D eigenvalue weighted by atomic mass is 10.1. The molecule has 2 aromatic carbocycles. The zero-order valence-corrected chi connectivity index (χ0v) is 16.0. The van der Waals surface area contributed by atoms with Crippen LogP contribution in [0.25, 0.3) is 0 Å². The van der Waals surface area contributed by atoms with Crippen molar-refractivity contribution in [3.63, 3.8) is 0 Å². The Morgan fingerprint density at radius 3 is 2.04 bits per heavy atom. The molecule has 0 heterocycles. The van der Waals surface area contributed by atoms with Gasteiger partial charge in [0.05, 0.1) is 20.3 Å². The van der Waals surface area contributed by atoms with Crippen molar-refractivity contribution in [1.29, 1.82) is 0 Å². The highest BCUT2D eigenvalue weighted by atomic mass is 16.5. The first kappa shape index (κ1) is 21.0. The Labute approximate surface area is 163 Å². The highest BCUT2D eigenvalue weighted by molar-refractivity contribution is 5.97. The fourth-order valence-corrected chi connectivity index (χ4v) is 2.44. The first-order chi connectivity index (χ1) is 13.3. The average Bonchev–Trinajstić information content (AvgIpc) is 2.69. The Balaban J connectivity index is 2.01. The van der Waals surface area contributed by atoms with Crippen molar-refractivity contribution in [2.45, 2.75) is 25.7 Å². The third-order valence-electron chi connectivity index (χ3n) is 4.02. The van der Waals surface area contributed by atoms with E-state index in [-0.39, 0.29) is 6.61 Å². The molecular weight excluding hydrogens is 364 g/mol. The van der Waals surface area contributed by atoms with Gasteiger partial charge in [-0.25, -0.2) is 0 Å². The topological polar surface area (TPSA) is 120 Å². The molecule has 0 bridgehead atoms. The Morgan fingerprint density at radius 2 is 1.57 bits per heavy atom. The van der Waals surface area contributed by atoms with E-state index in [1.807, 2.05) is 0 Å². The van der Waals surface area contributed by atoms with Gasteiger partial charge in [0, 0.05) is 23.8 Å². The lowest BCUT2D eigenvalue weighted by molar-refractivity contribution is -0.122. The molecule has 8 heteroatoms. The fraction of sp³-hybridized carbons (Fsp3) is 0.300. The van der Waals surface area contributed by atoms with Gasteiger partial charge in [0.15, 0.2) is 0 Å². The first-order valence-corrected chi connectivity index (χ1v) is 8.57. The van der Waals surface area contributed by atoms with Crippen LogP contribution >= 0.6 is 0 Å². The molecule has 4 N–H and O–H groups in total. The number of aliphatic hydroxyl groups excluding tert-OH is 1. The van der Waals surface area contributed by atoms with Gasteiger partial charge in [-0.15, -0.1) is 0 Å². The molecule has 0 aliphatic rings. The van der Waals surface area contributed by atoms with E-state index in [4.69, 9.17) is 19.9 Å². The molecular formula is C20H24N2O6. The van der Waals surface area contributed by atoms with Crippen LogP contribution in [0.15, 0.2) is 42.5 Å². The summed E-state index contributed by atoms with van der Waals surface area (Å²) in [5.74, 6) is 0.503. The molecule has 2 rings (SSSR count). The molecule has 28 heavy (non-hydrogen) atoms. The Kier molecular flexibility index (Phi) is 7.22. The second kappa shape index (κ2) is 9.61. The van der Waals surface area contributed by atoms with Gasteiger partial charge in [-0.1, -0.05) is 12.1 Å². The Bertz CT molecular complexity index is 798. The smallest absolute Gasteiger partial charge is 0.252 e. The van der Waals surface area contributed by atoms with Crippen molar-refractivity contribution < 1.29 is 28.9 Å². The maximum atomic E-state index is 12.2. The average molecular weight is 388 g/mol. The molecule has 0 spiro atoms. The summed E-state index contributed by atoms with van der Waals surface area (Å²) in [7, 11) is 3.12. The van der Waals surface area contributed by atoms with Crippen molar-refractivity contribution in [2.75, 3.05) is 14.2 Å². The maximum Gasteiger partial charge on any atom is 0.252 e. The normalized spacial score (nSPS) is 12.6.